The number of para-hydroxylation sites is 1. The van der Waals surface area contributed by atoms with Crippen LogP contribution in [-0.2, 0) is 0 Å². The summed E-state index contributed by atoms with van der Waals surface area (Å²) in [6, 6.07) is 10.4. The van der Waals surface area contributed by atoms with Gasteiger partial charge in [0.1, 0.15) is 5.82 Å². The van der Waals surface area contributed by atoms with E-state index in [1.807, 2.05) is 30.3 Å². The lowest BCUT2D eigenvalue weighted by Gasteiger charge is -2.28. The predicted octanol–water partition coefficient (Wildman–Crippen LogP) is 2.32. The van der Waals surface area contributed by atoms with Crippen LogP contribution in [0.2, 0.25) is 0 Å². The molecule has 2 unspecified atom stereocenters. The smallest absolute Gasteiger partial charge is 0.170 e. The first-order valence-electron chi connectivity index (χ1n) is 7.40. The van der Waals surface area contributed by atoms with Crippen molar-refractivity contribution in [3.63, 3.8) is 0 Å². The number of oxime groups is 1. The molecule has 2 aliphatic rings. The molecule has 1 aromatic carbocycles. The fraction of sp³-hybridized carbons (Fsp3) is 0.375. The summed E-state index contributed by atoms with van der Waals surface area (Å²) in [6.45, 7) is 1.08. The molecule has 2 fully saturated rings. The van der Waals surface area contributed by atoms with E-state index in [0.717, 1.165) is 34.7 Å². The average Bonchev–Trinajstić information content (AvgIpc) is 3.16. The number of pyridine rings is 1. The number of hydrogen-bond donors (Lipinski definition) is 2. The van der Waals surface area contributed by atoms with Crippen molar-refractivity contribution in [1.29, 1.82) is 0 Å². The molecule has 108 valence electrons. The molecule has 2 aromatic rings. The maximum Gasteiger partial charge on any atom is 0.170 e. The molecule has 1 aliphatic carbocycles. The number of fused-ring (bicyclic) bond motifs is 3. The minimum Gasteiger partial charge on any atom is -0.409 e. The molecule has 0 radical (unpaired) electrons. The van der Waals surface area contributed by atoms with E-state index in [4.69, 9.17) is 15.9 Å². The molecular weight excluding hydrogens is 264 g/mol. The highest BCUT2D eigenvalue weighted by Gasteiger charge is 2.38. The summed E-state index contributed by atoms with van der Waals surface area (Å²) in [7, 11) is 0. The average molecular weight is 282 g/mol. The predicted molar refractivity (Wildman–Crippen MR) is 82.7 cm³/mol. The van der Waals surface area contributed by atoms with Crippen LogP contribution in [0.1, 0.15) is 24.8 Å². The summed E-state index contributed by atoms with van der Waals surface area (Å²) in [5.74, 6) is 1.89. The molecule has 0 amide bonds. The van der Waals surface area contributed by atoms with E-state index in [0.29, 0.717) is 6.04 Å². The molecule has 1 saturated heterocycles. The molecular formula is C16H18N4O. The third-order valence-electron chi connectivity index (χ3n) is 4.79. The van der Waals surface area contributed by atoms with Gasteiger partial charge in [0.25, 0.3) is 0 Å². The van der Waals surface area contributed by atoms with E-state index in [-0.39, 0.29) is 5.84 Å². The highest BCUT2D eigenvalue weighted by Crippen LogP contribution is 2.40. The minimum atomic E-state index is 0.138. The Morgan fingerprint density at radius 1 is 1.33 bits per heavy atom. The van der Waals surface area contributed by atoms with Crippen LogP contribution in [0.15, 0.2) is 35.5 Å². The van der Waals surface area contributed by atoms with E-state index in [1.165, 1.54) is 19.3 Å². The largest absolute Gasteiger partial charge is 0.409 e. The van der Waals surface area contributed by atoms with Gasteiger partial charge in [0, 0.05) is 23.5 Å². The SMILES string of the molecule is NC(=NO)c1cc(N2CC3CCC2C3)nc2ccccc12. The number of nitrogens with two attached hydrogens (primary N) is 1. The van der Waals surface area contributed by atoms with Crippen LogP contribution in [-0.4, -0.2) is 28.6 Å². The van der Waals surface area contributed by atoms with Crippen LogP contribution in [0, 0.1) is 5.92 Å². The summed E-state index contributed by atoms with van der Waals surface area (Å²) in [4.78, 5) is 7.17. The maximum absolute atomic E-state index is 9.04. The lowest BCUT2D eigenvalue weighted by Crippen LogP contribution is -2.32. The Balaban J connectivity index is 1.87. The first-order valence-corrected chi connectivity index (χ1v) is 7.40. The van der Waals surface area contributed by atoms with Crippen molar-refractivity contribution in [1.82, 2.24) is 4.98 Å². The molecule has 1 aliphatic heterocycles. The van der Waals surface area contributed by atoms with Gasteiger partial charge in [-0.2, -0.15) is 0 Å². The van der Waals surface area contributed by atoms with E-state index in [9.17, 15) is 0 Å². The van der Waals surface area contributed by atoms with Crippen molar-refractivity contribution < 1.29 is 5.21 Å². The van der Waals surface area contributed by atoms with Crippen molar-refractivity contribution in [3.05, 3.63) is 35.9 Å². The molecule has 5 heteroatoms. The number of rotatable bonds is 2. The Kier molecular flexibility index (Phi) is 2.74. The number of hydrogen-bond acceptors (Lipinski definition) is 4. The second kappa shape index (κ2) is 4.62. The van der Waals surface area contributed by atoms with Crippen molar-refractivity contribution in [3.8, 4) is 0 Å². The Morgan fingerprint density at radius 3 is 2.90 bits per heavy atom. The van der Waals surface area contributed by atoms with Gasteiger partial charge in [0.15, 0.2) is 5.84 Å². The summed E-state index contributed by atoms with van der Waals surface area (Å²) >= 11 is 0. The molecule has 2 bridgehead atoms. The Bertz CT molecular complexity index is 727. The number of nitrogens with zero attached hydrogens (tertiary/aromatic N) is 3. The second-order valence-electron chi connectivity index (χ2n) is 6.02. The van der Waals surface area contributed by atoms with Gasteiger partial charge in [0.2, 0.25) is 0 Å². The van der Waals surface area contributed by atoms with Gasteiger partial charge in [-0.1, -0.05) is 23.4 Å². The van der Waals surface area contributed by atoms with Crippen molar-refractivity contribution in [2.24, 2.45) is 16.8 Å². The third kappa shape index (κ3) is 1.92. The van der Waals surface area contributed by atoms with E-state index in [1.54, 1.807) is 0 Å². The highest BCUT2D eigenvalue weighted by molar-refractivity contribution is 6.08. The van der Waals surface area contributed by atoms with Crippen LogP contribution in [0.4, 0.5) is 5.82 Å². The second-order valence-corrected chi connectivity index (χ2v) is 6.02. The van der Waals surface area contributed by atoms with Crippen LogP contribution < -0.4 is 10.6 Å². The van der Waals surface area contributed by atoms with Gasteiger partial charge in [-0.3, -0.25) is 0 Å². The van der Waals surface area contributed by atoms with Crippen molar-refractivity contribution in [2.75, 3.05) is 11.4 Å². The molecule has 2 atom stereocenters. The molecule has 1 saturated carbocycles. The van der Waals surface area contributed by atoms with E-state index in [2.05, 4.69) is 10.1 Å². The van der Waals surface area contributed by atoms with Gasteiger partial charge >= 0.3 is 0 Å². The maximum atomic E-state index is 9.04. The first-order chi connectivity index (χ1) is 10.3. The van der Waals surface area contributed by atoms with E-state index >= 15 is 0 Å². The number of piperidine rings is 1. The zero-order valence-electron chi connectivity index (χ0n) is 11.7. The van der Waals surface area contributed by atoms with Gasteiger partial charge in [-0.25, -0.2) is 4.98 Å². The van der Waals surface area contributed by atoms with Gasteiger partial charge in [0.05, 0.1) is 5.52 Å². The Labute approximate surface area is 123 Å². The fourth-order valence-corrected chi connectivity index (χ4v) is 3.78. The molecule has 1 aromatic heterocycles. The van der Waals surface area contributed by atoms with Crippen LogP contribution in [0.25, 0.3) is 10.9 Å². The van der Waals surface area contributed by atoms with E-state index < -0.39 is 0 Å². The van der Waals surface area contributed by atoms with Crippen LogP contribution >= 0.6 is 0 Å². The molecule has 21 heavy (non-hydrogen) atoms. The monoisotopic (exact) mass is 282 g/mol. The summed E-state index contributed by atoms with van der Waals surface area (Å²) in [5.41, 5.74) is 7.50. The summed E-state index contributed by atoms with van der Waals surface area (Å²) in [6.07, 6.45) is 3.85. The van der Waals surface area contributed by atoms with Gasteiger partial charge in [-0.15, -0.1) is 0 Å². The third-order valence-corrected chi connectivity index (χ3v) is 4.79. The zero-order chi connectivity index (χ0) is 14.4. The summed E-state index contributed by atoms with van der Waals surface area (Å²) in [5, 5.41) is 13.1. The number of amidine groups is 1. The van der Waals surface area contributed by atoms with Gasteiger partial charge in [-0.05, 0) is 37.3 Å². The van der Waals surface area contributed by atoms with Crippen LogP contribution in [0.5, 0.6) is 0 Å². The minimum absolute atomic E-state index is 0.138. The fourth-order valence-electron chi connectivity index (χ4n) is 3.78. The number of aromatic nitrogens is 1. The quantitative estimate of drug-likeness (QED) is 0.383. The van der Waals surface area contributed by atoms with Crippen molar-refractivity contribution in [2.45, 2.75) is 25.3 Å². The lowest BCUT2D eigenvalue weighted by atomic mass is 10.1. The zero-order valence-corrected chi connectivity index (χ0v) is 11.7. The highest BCUT2D eigenvalue weighted by atomic mass is 16.4. The Hall–Kier alpha value is -2.30. The number of benzene rings is 1. The molecule has 2 heterocycles. The normalized spacial score (nSPS) is 25.0. The standard InChI is InChI=1S/C16H18N4O/c17-16(19-21)13-8-15(18-14-4-2-1-3-12(13)14)20-9-10-5-6-11(20)7-10/h1-4,8,10-11,21H,5-7,9H2,(H2,17,19). The molecule has 3 N–H and O–H groups in total. The van der Waals surface area contributed by atoms with Gasteiger partial charge < -0.3 is 15.8 Å². The topological polar surface area (TPSA) is 74.7 Å². The lowest BCUT2D eigenvalue weighted by molar-refractivity contribution is 0.318. The van der Waals surface area contributed by atoms with Crippen LogP contribution in [0.3, 0.4) is 0 Å². The molecule has 4 rings (SSSR count). The first kappa shape index (κ1) is 12.4. The summed E-state index contributed by atoms with van der Waals surface area (Å²) < 4.78 is 0. The number of anilines is 1. The molecule has 5 nitrogen and oxygen atoms in total. The molecule has 0 spiro atoms. The Morgan fingerprint density at radius 2 is 2.19 bits per heavy atom. The van der Waals surface area contributed by atoms with Crippen molar-refractivity contribution >= 4 is 22.6 Å².